The lowest BCUT2D eigenvalue weighted by molar-refractivity contribution is 0.117. The molecule has 3 nitrogen and oxygen atoms in total. The average Bonchev–Trinajstić information content (AvgIpc) is 2.46. The fraction of sp³-hybridized carbons (Fsp3) is 0.250. The van der Waals surface area contributed by atoms with E-state index >= 15 is 0 Å². The van der Waals surface area contributed by atoms with Gasteiger partial charge in [-0.25, -0.2) is 4.39 Å². The molecule has 112 valence electrons. The fourth-order valence-corrected chi connectivity index (χ4v) is 1.98. The minimum absolute atomic E-state index is 0.162. The summed E-state index contributed by atoms with van der Waals surface area (Å²) >= 11 is 5.89. The van der Waals surface area contributed by atoms with Crippen molar-refractivity contribution in [1.82, 2.24) is 0 Å². The molecule has 2 N–H and O–H groups in total. The summed E-state index contributed by atoms with van der Waals surface area (Å²) in [6.45, 7) is 2.42. The van der Waals surface area contributed by atoms with Crippen molar-refractivity contribution in [1.29, 1.82) is 0 Å². The van der Waals surface area contributed by atoms with Crippen molar-refractivity contribution in [2.45, 2.75) is 13.0 Å². The second kappa shape index (κ2) is 7.29. The van der Waals surface area contributed by atoms with E-state index in [2.05, 4.69) is 5.32 Å². The van der Waals surface area contributed by atoms with Gasteiger partial charge in [-0.2, -0.15) is 0 Å². The summed E-state index contributed by atoms with van der Waals surface area (Å²) in [6.07, 6.45) is -0.701. The number of ether oxygens (including phenoxy) is 1. The highest BCUT2D eigenvalue weighted by atomic mass is 35.5. The van der Waals surface area contributed by atoms with Crippen molar-refractivity contribution in [2.75, 3.05) is 18.5 Å². The van der Waals surface area contributed by atoms with Gasteiger partial charge in [0.15, 0.2) is 0 Å². The third kappa shape index (κ3) is 4.92. The first kappa shape index (κ1) is 15.6. The van der Waals surface area contributed by atoms with Crippen LogP contribution in [0.5, 0.6) is 5.75 Å². The molecule has 0 saturated carbocycles. The van der Waals surface area contributed by atoms with Crippen molar-refractivity contribution in [2.24, 2.45) is 0 Å². The molecule has 2 rings (SSSR count). The molecular formula is C16H17ClFNO2. The van der Waals surface area contributed by atoms with Crippen LogP contribution in [0.15, 0.2) is 42.5 Å². The lowest BCUT2D eigenvalue weighted by Gasteiger charge is -2.15. The van der Waals surface area contributed by atoms with Crippen LogP contribution in [0, 0.1) is 12.7 Å². The Hall–Kier alpha value is -1.78. The molecule has 0 heterocycles. The number of nitrogens with one attached hydrogen (secondary N) is 1. The van der Waals surface area contributed by atoms with Gasteiger partial charge in [-0.05, 0) is 37.3 Å². The van der Waals surface area contributed by atoms with Gasteiger partial charge >= 0.3 is 0 Å². The third-order valence-corrected chi connectivity index (χ3v) is 3.24. The Balaban J connectivity index is 1.79. The lowest BCUT2D eigenvalue weighted by Crippen LogP contribution is -2.26. The third-order valence-electron chi connectivity index (χ3n) is 2.92. The first-order valence-electron chi connectivity index (χ1n) is 6.61. The number of benzene rings is 2. The molecule has 0 spiro atoms. The molecule has 0 amide bonds. The van der Waals surface area contributed by atoms with Crippen LogP contribution in [0.1, 0.15) is 5.56 Å². The molecule has 2 aromatic carbocycles. The second-order valence-electron chi connectivity index (χ2n) is 4.78. The highest BCUT2D eigenvalue weighted by Crippen LogP contribution is 2.22. The van der Waals surface area contributed by atoms with Crippen LogP contribution < -0.4 is 10.1 Å². The van der Waals surface area contributed by atoms with Gasteiger partial charge in [0.1, 0.15) is 24.3 Å². The number of hydrogen-bond donors (Lipinski definition) is 2. The van der Waals surface area contributed by atoms with Gasteiger partial charge in [-0.1, -0.05) is 29.3 Å². The summed E-state index contributed by atoms with van der Waals surface area (Å²) < 4.78 is 18.4. The van der Waals surface area contributed by atoms with Gasteiger partial charge in [0.25, 0.3) is 0 Å². The predicted molar refractivity (Wildman–Crippen MR) is 82.6 cm³/mol. The molecule has 2 aromatic rings. The Bertz CT molecular complexity index is 589. The van der Waals surface area contributed by atoms with Gasteiger partial charge in [-0.3, -0.25) is 0 Å². The molecule has 0 fully saturated rings. The summed E-state index contributed by atoms with van der Waals surface area (Å²) in [7, 11) is 0. The normalized spacial score (nSPS) is 12.0. The van der Waals surface area contributed by atoms with Crippen molar-refractivity contribution >= 4 is 17.3 Å². The maximum absolute atomic E-state index is 12.9. The molecule has 21 heavy (non-hydrogen) atoms. The number of anilines is 1. The average molecular weight is 310 g/mol. The first-order valence-corrected chi connectivity index (χ1v) is 6.99. The number of hydrogen-bond acceptors (Lipinski definition) is 3. The molecule has 0 radical (unpaired) electrons. The molecule has 0 aromatic heterocycles. The quantitative estimate of drug-likeness (QED) is 0.856. The zero-order chi connectivity index (χ0) is 15.2. The van der Waals surface area contributed by atoms with Crippen LogP contribution in [-0.4, -0.2) is 24.4 Å². The zero-order valence-corrected chi connectivity index (χ0v) is 12.4. The van der Waals surface area contributed by atoms with Gasteiger partial charge < -0.3 is 15.2 Å². The van der Waals surface area contributed by atoms with Crippen molar-refractivity contribution < 1.29 is 14.2 Å². The smallest absolute Gasteiger partial charge is 0.124 e. The molecule has 0 aliphatic carbocycles. The molecule has 0 aliphatic heterocycles. The van der Waals surface area contributed by atoms with Crippen molar-refractivity contribution in [3.8, 4) is 5.75 Å². The molecule has 0 saturated heterocycles. The monoisotopic (exact) mass is 309 g/mol. The van der Waals surface area contributed by atoms with Gasteiger partial charge in [0.05, 0.1) is 10.7 Å². The summed E-state index contributed by atoms with van der Waals surface area (Å²) in [4.78, 5) is 0. The molecule has 0 aliphatic rings. The van der Waals surface area contributed by atoms with E-state index in [0.29, 0.717) is 11.4 Å². The highest BCUT2D eigenvalue weighted by molar-refractivity contribution is 6.33. The topological polar surface area (TPSA) is 41.5 Å². The molecular weight excluding hydrogens is 293 g/mol. The second-order valence-corrected chi connectivity index (χ2v) is 5.19. The van der Waals surface area contributed by atoms with Crippen LogP contribution in [0.2, 0.25) is 5.02 Å². The summed E-state index contributed by atoms with van der Waals surface area (Å²) in [5, 5.41) is 13.1. The number of halogens is 2. The number of aliphatic hydroxyl groups excluding tert-OH is 1. The van der Waals surface area contributed by atoms with Gasteiger partial charge in [0.2, 0.25) is 0 Å². The van der Waals surface area contributed by atoms with Crippen LogP contribution in [0.25, 0.3) is 0 Å². The largest absolute Gasteiger partial charge is 0.491 e. The van der Waals surface area contributed by atoms with E-state index in [1.807, 2.05) is 31.2 Å². The van der Waals surface area contributed by atoms with E-state index in [-0.39, 0.29) is 18.2 Å². The van der Waals surface area contributed by atoms with E-state index in [0.717, 1.165) is 5.56 Å². The van der Waals surface area contributed by atoms with Crippen molar-refractivity contribution in [3.63, 3.8) is 0 Å². The molecule has 1 atom stereocenters. The Morgan fingerprint density at radius 1 is 1.24 bits per heavy atom. The summed E-state index contributed by atoms with van der Waals surface area (Å²) in [5.74, 6) is 0.313. The van der Waals surface area contributed by atoms with E-state index in [4.69, 9.17) is 16.3 Å². The van der Waals surface area contributed by atoms with E-state index in [1.54, 1.807) is 0 Å². The van der Waals surface area contributed by atoms with E-state index < -0.39 is 11.9 Å². The summed E-state index contributed by atoms with van der Waals surface area (Å²) in [5.41, 5.74) is 1.72. The Kier molecular flexibility index (Phi) is 5.42. The predicted octanol–water partition coefficient (Wildman–Crippen LogP) is 3.64. The lowest BCUT2D eigenvalue weighted by atomic mass is 10.2. The Morgan fingerprint density at radius 3 is 2.62 bits per heavy atom. The maximum atomic E-state index is 12.9. The zero-order valence-electron chi connectivity index (χ0n) is 11.6. The Labute approximate surface area is 128 Å². The highest BCUT2D eigenvalue weighted by Gasteiger charge is 2.07. The van der Waals surface area contributed by atoms with Gasteiger partial charge in [-0.15, -0.1) is 0 Å². The maximum Gasteiger partial charge on any atom is 0.124 e. The van der Waals surface area contributed by atoms with E-state index in [1.165, 1.54) is 18.2 Å². The Morgan fingerprint density at radius 2 is 1.95 bits per heavy atom. The SMILES string of the molecule is Cc1ccc(OCC(O)CNc2ccc(F)cc2Cl)cc1. The first-order chi connectivity index (χ1) is 10.0. The summed E-state index contributed by atoms with van der Waals surface area (Å²) in [6, 6.07) is 11.7. The standard InChI is InChI=1S/C16H17ClFNO2/c1-11-2-5-14(6-3-11)21-10-13(20)9-19-16-7-4-12(18)8-15(16)17/h2-8,13,19-20H,9-10H2,1H3. The van der Waals surface area contributed by atoms with Crippen LogP contribution in [0.4, 0.5) is 10.1 Å². The van der Waals surface area contributed by atoms with E-state index in [9.17, 15) is 9.50 Å². The fourth-order valence-electron chi connectivity index (χ4n) is 1.75. The van der Waals surface area contributed by atoms with Crippen LogP contribution >= 0.6 is 11.6 Å². The number of aryl methyl sites for hydroxylation is 1. The van der Waals surface area contributed by atoms with Crippen LogP contribution in [-0.2, 0) is 0 Å². The number of aliphatic hydroxyl groups is 1. The molecule has 1 unspecified atom stereocenters. The molecule has 0 bridgehead atoms. The van der Waals surface area contributed by atoms with Gasteiger partial charge in [0, 0.05) is 6.54 Å². The number of rotatable bonds is 6. The van der Waals surface area contributed by atoms with Crippen molar-refractivity contribution in [3.05, 3.63) is 58.9 Å². The molecule has 5 heteroatoms. The van der Waals surface area contributed by atoms with Crippen LogP contribution in [0.3, 0.4) is 0 Å². The minimum atomic E-state index is -0.701. The minimum Gasteiger partial charge on any atom is -0.491 e.